The zero-order chi connectivity index (χ0) is 21.8. The third kappa shape index (κ3) is 5.18. The van der Waals surface area contributed by atoms with Gasteiger partial charge >= 0.3 is 6.18 Å². The van der Waals surface area contributed by atoms with E-state index in [-0.39, 0.29) is 31.9 Å². The highest BCUT2D eigenvalue weighted by Gasteiger charge is 2.42. The van der Waals surface area contributed by atoms with Crippen LogP contribution in [-0.2, 0) is 17.9 Å². The van der Waals surface area contributed by atoms with E-state index in [1.54, 1.807) is 4.57 Å². The number of halogens is 3. The Morgan fingerprint density at radius 3 is 2.61 bits per heavy atom. The molecule has 5 nitrogen and oxygen atoms in total. The maximum absolute atomic E-state index is 13.1. The highest BCUT2D eigenvalue weighted by Crippen LogP contribution is 2.37. The van der Waals surface area contributed by atoms with Crippen LogP contribution >= 0.6 is 0 Å². The zero-order valence-corrected chi connectivity index (χ0v) is 16.9. The summed E-state index contributed by atoms with van der Waals surface area (Å²) in [4.78, 5) is 17.3. The van der Waals surface area contributed by atoms with Crippen LogP contribution in [0.4, 0.5) is 13.2 Å². The lowest BCUT2D eigenvalue weighted by Gasteiger charge is -2.31. The van der Waals surface area contributed by atoms with Gasteiger partial charge in [0.15, 0.2) is 0 Å². The number of carbonyl (C=O) groups is 1. The van der Waals surface area contributed by atoms with Crippen molar-refractivity contribution in [2.75, 3.05) is 0 Å². The Morgan fingerprint density at radius 1 is 1.10 bits per heavy atom. The number of alkyl halides is 3. The first-order chi connectivity index (χ1) is 14.9. The molecule has 1 saturated carbocycles. The molecule has 4 rings (SSSR count). The van der Waals surface area contributed by atoms with E-state index in [0.29, 0.717) is 24.4 Å². The molecule has 1 amide bonds. The number of benzene rings is 2. The van der Waals surface area contributed by atoms with E-state index in [0.717, 1.165) is 11.0 Å². The fraction of sp³-hybridized carbons (Fsp3) is 0.391. The van der Waals surface area contributed by atoms with Gasteiger partial charge in [0.2, 0.25) is 5.91 Å². The first kappa shape index (κ1) is 21.2. The number of hydrogen-bond donors (Lipinski definition) is 1. The Kier molecular flexibility index (Phi) is 6.15. The topological polar surface area (TPSA) is 56.2 Å². The van der Waals surface area contributed by atoms with Crippen LogP contribution in [0.3, 0.4) is 0 Å². The maximum Gasteiger partial charge on any atom is 0.391 e. The molecule has 2 aromatic carbocycles. The van der Waals surface area contributed by atoms with Gasteiger partial charge < -0.3 is 14.6 Å². The third-order valence-electron chi connectivity index (χ3n) is 5.65. The van der Waals surface area contributed by atoms with Gasteiger partial charge in [0.05, 0.1) is 17.0 Å². The van der Waals surface area contributed by atoms with Crippen molar-refractivity contribution >= 4 is 16.9 Å². The SMILES string of the molecule is O=C(Cn1c(COc2ccccc2)nc2ccccc21)NC1CCCC(C(F)(F)F)C1. The number of carbonyl (C=O) groups excluding carboxylic acids is 1. The van der Waals surface area contributed by atoms with Gasteiger partial charge in [-0.3, -0.25) is 4.79 Å². The molecule has 1 aliphatic carbocycles. The Labute approximate surface area is 178 Å². The van der Waals surface area contributed by atoms with Crippen LogP contribution in [0.1, 0.15) is 31.5 Å². The van der Waals surface area contributed by atoms with Crippen molar-refractivity contribution in [1.82, 2.24) is 14.9 Å². The molecule has 0 spiro atoms. The number of para-hydroxylation sites is 3. The molecule has 2 unspecified atom stereocenters. The molecule has 8 heteroatoms. The number of nitrogens with zero attached hydrogens (tertiary/aromatic N) is 2. The number of fused-ring (bicyclic) bond motifs is 1. The molecule has 1 aromatic heterocycles. The van der Waals surface area contributed by atoms with E-state index in [1.165, 1.54) is 0 Å². The van der Waals surface area contributed by atoms with E-state index >= 15 is 0 Å². The maximum atomic E-state index is 13.1. The van der Waals surface area contributed by atoms with Gasteiger partial charge in [-0.1, -0.05) is 36.8 Å². The number of rotatable bonds is 6. The second-order valence-electron chi connectivity index (χ2n) is 7.87. The van der Waals surface area contributed by atoms with Crippen molar-refractivity contribution in [3.8, 4) is 5.75 Å². The summed E-state index contributed by atoms with van der Waals surface area (Å²) in [6.07, 6.45) is -3.13. The average molecular weight is 431 g/mol. The van der Waals surface area contributed by atoms with Crippen molar-refractivity contribution in [1.29, 1.82) is 0 Å². The van der Waals surface area contributed by atoms with Crippen LogP contribution in [0.15, 0.2) is 54.6 Å². The summed E-state index contributed by atoms with van der Waals surface area (Å²) in [5.74, 6) is -0.407. The quantitative estimate of drug-likeness (QED) is 0.607. The monoisotopic (exact) mass is 431 g/mol. The number of imidazole rings is 1. The van der Waals surface area contributed by atoms with Crippen molar-refractivity contribution in [3.05, 3.63) is 60.4 Å². The van der Waals surface area contributed by atoms with Gasteiger partial charge in [-0.05, 0) is 43.5 Å². The standard InChI is InChI=1S/C23H24F3N3O2/c24-23(25,26)16-7-6-8-17(13-16)27-22(30)14-29-20-12-5-4-11-19(20)28-21(29)15-31-18-9-2-1-3-10-18/h1-5,9-12,16-17H,6-8,13-15H2,(H,27,30). The van der Waals surface area contributed by atoms with Crippen LogP contribution in [0, 0.1) is 5.92 Å². The van der Waals surface area contributed by atoms with Gasteiger partial charge in [-0.15, -0.1) is 0 Å². The summed E-state index contributed by atoms with van der Waals surface area (Å²) in [5, 5.41) is 2.80. The highest BCUT2D eigenvalue weighted by molar-refractivity contribution is 5.81. The van der Waals surface area contributed by atoms with Gasteiger partial charge in [-0.25, -0.2) is 4.98 Å². The van der Waals surface area contributed by atoms with E-state index in [2.05, 4.69) is 10.3 Å². The Hall–Kier alpha value is -3.03. The Balaban J connectivity index is 1.47. The molecule has 1 aliphatic rings. The molecule has 0 saturated heterocycles. The van der Waals surface area contributed by atoms with Crippen molar-refractivity contribution in [3.63, 3.8) is 0 Å². The molecule has 0 bridgehead atoms. The molecule has 31 heavy (non-hydrogen) atoms. The third-order valence-corrected chi connectivity index (χ3v) is 5.65. The predicted molar refractivity (Wildman–Crippen MR) is 110 cm³/mol. The summed E-state index contributed by atoms with van der Waals surface area (Å²) >= 11 is 0. The number of amides is 1. The minimum Gasteiger partial charge on any atom is -0.486 e. The molecule has 3 aromatic rings. The minimum atomic E-state index is -4.22. The highest BCUT2D eigenvalue weighted by atomic mass is 19.4. The van der Waals surface area contributed by atoms with Crippen LogP contribution in [-0.4, -0.2) is 27.7 Å². The number of hydrogen-bond acceptors (Lipinski definition) is 3. The largest absolute Gasteiger partial charge is 0.486 e. The smallest absolute Gasteiger partial charge is 0.391 e. The molecule has 2 atom stereocenters. The second kappa shape index (κ2) is 8.99. The molecule has 1 heterocycles. The van der Waals surface area contributed by atoms with E-state index in [4.69, 9.17) is 4.74 Å². The predicted octanol–water partition coefficient (Wildman–Crippen LogP) is 4.85. The van der Waals surface area contributed by atoms with Crippen molar-refractivity contribution < 1.29 is 22.7 Å². The summed E-state index contributed by atoms with van der Waals surface area (Å²) in [7, 11) is 0. The van der Waals surface area contributed by atoms with Gasteiger partial charge in [0, 0.05) is 6.04 Å². The van der Waals surface area contributed by atoms with Crippen LogP contribution in [0.25, 0.3) is 11.0 Å². The van der Waals surface area contributed by atoms with Gasteiger partial charge in [-0.2, -0.15) is 13.2 Å². The van der Waals surface area contributed by atoms with Gasteiger partial charge in [0.25, 0.3) is 0 Å². The van der Waals surface area contributed by atoms with E-state index < -0.39 is 18.1 Å². The van der Waals surface area contributed by atoms with Crippen LogP contribution < -0.4 is 10.1 Å². The first-order valence-corrected chi connectivity index (χ1v) is 10.4. The fourth-order valence-electron chi connectivity index (χ4n) is 4.11. The summed E-state index contributed by atoms with van der Waals surface area (Å²) in [6, 6.07) is 16.3. The minimum absolute atomic E-state index is 0.0266. The number of nitrogens with one attached hydrogen (secondary N) is 1. The summed E-state index contributed by atoms with van der Waals surface area (Å²) < 4.78 is 46.8. The lowest BCUT2D eigenvalue weighted by molar-refractivity contribution is -0.184. The molecular weight excluding hydrogens is 407 g/mol. The van der Waals surface area contributed by atoms with Crippen molar-refractivity contribution in [2.24, 2.45) is 5.92 Å². The van der Waals surface area contributed by atoms with Crippen molar-refractivity contribution in [2.45, 2.75) is 51.1 Å². The lowest BCUT2D eigenvalue weighted by atomic mass is 9.85. The zero-order valence-electron chi connectivity index (χ0n) is 16.9. The summed E-state index contributed by atoms with van der Waals surface area (Å²) in [5.41, 5.74) is 1.51. The van der Waals surface area contributed by atoms with E-state index in [9.17, 15) is 18.0 Å². The average Bonchev–Trinajstić information content (AvgIpc) is 3.10. The number of ether oxygens (including phenoxy) is 1. The van der Waals surface area contributed by atoms with E-state index in [1.807, 2.05) is 54.6 Å². The molecule has 0 radical (unpaired) electrons. The molecule has 1 N–H and O–H groups in total. The molecule has 0 aliphatic heterocycles. The second-order valence-corrected chi connectivity index (χ2v) is 7.87. The van der Waals surface area contributed by atoms with Gasteiger partial charge in [0.1, 0.15) is 24.7 Å². The number of aromatic nitrogens is 2. The lowest BCUT2D eigenvalue weighted by Crippen LogP contribution is -2.42. The Morgan fingerprint density at radius 2 is 1.84 bits per heavy atom. The molecular formula is C23H24F3N3O2. The normalized spacial score (nSPS) is 19.3. The van der Waals surface area contributed by atoms with Crippen LogP contribution in [0.2, 0.25) is 0 Å². The molecule has 164 valence electrons. The summed E-state index contributed by atoms with van der Waals surface area (Å²) in [6.45, 7) is 0.146. The van der Waals surface area contributed by atoms with Crippen LogP contribution in [0.5, 0.6) is 5.75 Å². The first-order valence-electron chi connectivity index (χ1n) is 10.4. The fourth-order valence-corrected chi connectivity index (χ4v) is 4.11. The Bertz CT molecular complexity index is 1030. The molecule has 1 fully saturated rings.